The summed E-state index contributed by atoms with van der Waals surface area (Å²) in [5.41, 5.74) is 1.07. The Bertz CT molecular complexity index is 913. The molecule has 0 bridgehead atoms. The van der Waals surface area contributed by atoms with Gasteiger partial charge in [0.1, 0.15) is 0 Å². The van der Waals surface area contributed by atoms with Gasteiger partial charge in [0.2, 0.25) is 21.8 Å². The molecule has 2 aromatic rings. The van der Waals surface area contributed by atoms with E-state index in [0.717, 1.165) is 5.69 Å². The molecule has 3 N–H and O–H groups in total. The van der Waals surface area contributed by atoms with Gasteiger partial charge in [0.25, 0.3) is 0 Å². The smallest absolute Gasteiger partial charge is 0.238 e. The monoisotopic (exact) mass is 359 g/mol. The second-order valence-electron chi connectivity index (χ2n) is 5.80. The van der Waals surface area contributed by atoms with E-state index in [1.54, 1.807) is 11.0 Å². The third-order valence-corrected chi connectivity index (χ3v) is 4.90. The third-order valence-electron chi connectivity index (χ3n) is 3.99. The first-order valence-corrected chi connectivity index (χ1v) is 9.18. The Morgan fingerprint density at radius 1 is 1.12 bits per heavy atom. The van der Waals surface area contributed by atoms with Crippen LogP contribution in [0.5, 0.6) is 0 Å². The Labute approximate surface area is 145 Å². The SMILES string of the molecule is NS(=O)(=O)c1cccc(NC(=O)C2CC(=O)N(c3ccccc3)C2)c1. The molecule has 1 fully saturated rings. The van der Waals surface area contributed by atoms with Crippen LogP contribution in [0.15, 0.2) is 59.5 Å². The molecule has 7 nitrogen and oxygen atoms in total. The molecule has 0 radical (unpaired) electrons. The number of carbonyl (C=O) groups excluding carboxylic acids is 2. The molecule has 0 saturated carbocycles. The fourth-order valence-corrected chi connectivity index (χ4v) is 3.30. The minimum absolute atomic E-state index is 0.0845. The second kappa shape index (κ2) is 6.66. The molecule has 1 aliphatic rings. The molecule has 1 saturated heterocycles. The molecule has 1 unspecified atom stereocenters. The maximum atomic E-state index is 12.4. The summed E-state index contributed by atoms with van der Waals surface area (Å²) in [5.74, 6) is -0.964. The summed E-state index contributed by atoms with van der Waals surface area (Å²) in [5, 5.41) is 7.74. The van der Waals surface area contributed by atoms with Crippen LogP contribution in [0.25, 0.3) is 0 Å². The van der Waals surface area contributed by atoms with E-state index in [1.807, 2.05) is 30.3 Å². The first kappa shape index (κ1) is 17.1. The molecule has 8 heteroatoms. The minimum Gasteiger partial charge on any atom is -0.326 e. The van der Waals surface area contributed by atoms with Crippen molar-refractivity contribution >= 4 is 33.2 Å². The van der Waals surface area contributed by atoms with Crippen LogP contribution in [-0.2, 0) is 19.6 Å². The molecular formula is C17H17N3O4S. The Balaban J connectivity index is 1.72. The molecule has 1 aliphatic heterocycles. The number of carbonyl (C=O) groups is 2. The van der Waals surface area contributed by atoms with Crippen LogP contribution in [0.3, 0.4) is 0 Å². The van der Waals surface area contributed by atoms with Crippen LogP contribution >= 0.6 is 0 Å². The zero-order chi connectivity index (χ0) is 18.0. The highest BCUT2D eigenvalue weighted by molar-refractivity contribution is 7.89. The summed E-state index contributed by atoms with van der Waals surface area (Å²) in [4.78, 5) is 26.1. The van der Waals surface area contributed by atoms with Crippen LogP contribution < -0.4 is 15.4 Å². The molecule has 0 aliphatic carbocycles. The van der Waals surface area contributed by atoms with Crippen LogP contribution in [0, 0.1) is 5.92 Å². The first-order chi connectivity index (χ1) is 11.8. The number of para-hydroxylation sites is 1. The van der Waals surface area contributed by atoms with E-state index in [9.17, 15) is 18.0 Å². The second-order valence-corrected chi connectivity index (χ2v) is 7.36. The number of amides is 2. The first-order valence-electron chi connectivity index (χ1n) is 7.64. The van der Waals surface area contributed by atoms with Gasteiger partial charge in [-0.3, -0.25) is 9.59 Å². The lowest BCUT2D eigenvalue weighted by Crippen LogP contribution is -2.28. The van der Waals surface area contributed by atoms with Crippen molar-refractivity contribution in [2.75, 3.05) is 16.8 Å². The van der Waals surface area contributed by atoms with Gasteiger partial charge in [0, 0.05) is 24.3 Å². The lowest BCUT2D eigenvalue weighted by atomic mass is 10.1. The van der Waals surface area contributed by atoms with E-state index < -0.39 is 15.9 Å². The van der Waals surface area contributed by atoms with Gasteiger partial charge in [0.15, 0.2) is 0 Å². The van der Waals surface area contributed by atoms with Crippen molar-refractivity contribution in [3.05, 3.63) is 54.6 Å². The summed E-state index contributed by atoms with van der Waals surface area (Å²) in [7, 11) is -3.85. The third kappa shape index (κ3) is 3.86. The van der Waals surface area contributed by atoms with Crippen molar-refractivity contribution in [2.45, 2.75) is 11.3 Å². The Hall–Kier alpha value is -2.71. The number of primary sulfonamides is 1. The molecule has 2 aromatic carbocycles. The van der Waals surface area contributed by atoms with E-state index in [-0.39, 0.29) is 29.7 Å². The van der Waals surface area contributed by atoms with Gasteiger partial charge < -0.3 is 10.2 Å². The van der Waals surface area contributed by atoms with Crippen molar-refractivity contribution in [2.24, 2.45) is 11.1 Å². The van der Waals surface area contributed by atoms with Crippen LogP contribution in [0.4, 0.5) is 11.4 Å². The Morgan fingerprint density at radius 2 is 1.84 bits per heavy atom. The lowest BCUT2D eigenvalue weighted by molar-refractivity contribution is -0.122. The van der Waals surface area contributed by atoms with E-state index in [2.05, 4.69) is 5.32 Å². The topological polar surface area (TPSA) is 110 Å². The summed E-state index contributed by atoms with van der Waals surface area (Å²) >= 11 is 0. The molecule has 3 rings (SSSR count). The van der Waals surface area contributed by atoms with Crippen molar-refractivity contribution in [1.82, 2.24) is 0 Å². The zero-order valence-electron chi connectivity index (χ0n) is 13.3. The number of hydrogen-bond donors (Lipinski definition) is 2. The van der Waals surface area contributed by atoms with Crippen molar-refractivity contribution in [1.29, 1.82) is 0 Å². The molecule has 130 valence electrons. The highest BCUT2D eigenvalue weighted by Crippen LogP contribution is 2.26. The number of nitrogens with two attached hydrogens (primary N) is 1. The Morgan fingerprint density at radius 3 is 2.52 bits per heavy atom. The average Bonchev–Trinajstić information content (AvgIpc) is 2.97. The summed E-state index contributed by atoms with van der Waals surface area (Å²) in [6, 6.07) is 14.8. The highest BCUT2D eigenvalue weighted by atomic mass is 32.2. The maximum absolute atomic E-state index is 12.4. The number of anilines is 2. The number of benzene rings is 2. The van der Waals surface area contributed by atoms with Gasteiger partial charge in [-0.1, -0.05) is 24.3 Å². The van der Waals surface area contributed by atoms with Gasteiger partial charge in [-0.2, -0.15) is 0 Å². The lowest BCUT2D eigenvalue weighted by Gasteiger charge is -2.16. The standard InChI is InChI=1S/C17H17N3O4S/c18-25(23,24)15-8-4-5-13(10-15)19-17(22)12-9-16(21)20(11-12)14-6-2-1-3-7-14/h1-8,10,12H,9,11H2,(H,19,22)(H2,18,23,24). The number of sulfonamides is 1. The fourth-order valence-electron chi connectivity index (χ4n) is 2.74. The van der Waals surface area contributed by atoms with Gasteiger partial charge in [-0.05, 0) is 30.3 Å². The predicted molar refractivity (Wildman–Crippen MR) is 93.3 cm³/mol. The maximum Gasteiger partial charge on any atom is 0.238 e. The van der Waals surface area contributed by atoms with Crippen molar-refractivity contribution < 1.29 is 18.0 Å². The summed E-state index contributed by atoms with van der Waals surface area (Å²) < 4.78 is 22.8. The van der Waals surface area contributed by atoms with Crippen LogP contribution in [-0.4, -0.2) is 26.8 Å². The van der Waals surface area contributed by atoms with Crippen LogP contribution in [0.2, 0.25) is 0 Å². The molecule has 0 aromatic heterocycles. The molecule has 1 heterocycles. The summed E-state index contributed by atoms with van der Waals surface area (Å²) in [6.07, 6.45) is 0.107. The largest absolute Gasteiger partial charge is 0.326 e. The highest BCUT2D eigenvalue weighted by Gasteiger charge is 2.35. The van der Waals surface area contributed by atoms with E-state index in [1.165, 1.54) is 18.2 Å². The predicted octanol–water partition coefficient (Wildman–Crippen LogP) is 1.33. The Kier molecular flexibility index (Phi) is 4.56. The molecular weight excluding hydrogens is 342 g/mol. The number of hydrogen-bond acceptors (Lipinski definition) is 4. The molecule has 1 atom stereocenters. The molecule has 2 amide bonds. The average molecular weight is 359 g/mol. The van der Waals surface area contributed by atoms with Gasteiger partial charge in [-0.15, -0.1) is 0 Å². The number of rotatable bonds is 4. The van der Waals surface area contributed by atoms with E-state index in [4.69, 9.17) is 5.14 Å². The van der Waals surface area contributed by atoms with Gasteiger partial charge in [0.05, 0.1) is 10.8 Å². The quantitative estimate of drug-likeness (QED) is 0.858. The van der Waals surface area contributed by atoms with Crippen LogP contribution in [0.1, 0.15) is 6.42 Å². The normalized spacial score (nSPS) is 17.6. The van der Waals surface area contributed by atoms with Crippen molar-refractivity contribution in [3.8, 4) is 0 Å². The zero-order valence-corrected chi connectivity index (χ0v) is 14.1. The molecule has 0 spiro atoms. The van der Waals surface area contributed by atoms with E-state index >= 15 is 0 Å². The number of nitrogens with zero attached hydrogens (tertiary/aromatic N) is 1. The van der Waals surface area contributed by atoms with E-state index in [0.29, 0.717) is 5.69 Å². The van der Waals surface area contributed by atoms with Gasteiger partial charge >= 0.3 is 0 Å². The fraction of sp³-hybridized carbons (Fsp3) is 0.176. The number of nitrogens with one attached hydrogen (secondary N) is 1. The summed E-state index contributed by atoms with van der Waals surface area (Å²) in [6.45, 7) is 0.281. The minimum atomic E-state index is -3.85. The van der Waals surface area contributed by atoms with Gasteiger partial charge in [-0.25, -0.2) is 13.6 Å². The molecule has 25 heavy (non-hydrogen) atoms. The van der Waals surface area contributed by atoms with Crippen molar-refractivity contribution in [3.63, 3.8) is 0 Å².